The Bertz CT molecular complexity index is 246. The van der Waals surface area contributed by atoms with Crippen LogP contribution in [0.2, 0.25) is 0 Å². The van der Waals surface area contributed by atoms with Gasteiger partial charge in [-0.25, -0.2) is 0 Å². The Morgan fingerprint density at radius 2 is 1.22 bits per heavy atom. The predicted molar refractivity (Wildman–Crippen MR) is 105 cm³/mol. The van der Waals surface area contributed by atoms with Crippen molar-refractivity contribution in [3.05, 3.63) is 12.2 Å². The third-order valence-electron chi connectivity index (χ3n) is 5.02. The van der Waals surface area contributed by atoms with Crippen molar-refractivity contribution in [1.82, 2.24) is 0 Å². The van der Waals surface area contributed by atoms with Crippen LogP contribution in [0.15, 0.2) is 12.2 Å². The highest BCUT2D eigenvalue weighted by atomic mass is 16.5. The number of methoxy groups -OCH3 is 1. The zero-order chi connectivity index (χ0) is 17.2. The van der Waals surface area contributed by atoms with Gasteiger partial charge in [0.05, 0.1) is 6.10 Å². The number of rotatable bonds is 18. The first-order valence-corrected chi connectivity index (χ1v) is 10.4. The van der Waals surface area contributed by atoms with Crippen LogP contribution in [0, 0.1) is 0 Å². The molecule has 0 rings (SSSR count). The lowest BCUT2D eigenvalue weighted by Crippen LogP contribution is -2.10. The minimum atomic E-state index is 0.508. The Morgan fingerprint density at radius 1 is 0.739 bits per heavy atom. The maximum atomic E-state index is 5.65. The van der Waals surface area contributed by atoms with Crippen molar-refractivity contribution in [3.63, 3.8) is 0 Å². The lowest BCUT2D eigenvalue weighted by molar-refractivity contribution is 0.0831. The number of hydrogen-bond donors (Lipinski definition) is 0. The van der Waals surface area contributed by atoms with Gasteiger partial charge in [0.2, 0.25) is 0 Å². The van der Waals surface area contributed by atoms with Gasteiger partial charge in [-0.15, -0.1) is 0 Å². The Morgan fingerprint density at radius 3 is 1.70 bits per heavy atom. The van der Waals surface area contributed by atoms with Gasteiger partial charge in [0, 0.05) is 7.11 Å². The summed E-state index contributed by atoms with van der Waals surface area (Å²) in [6.07, 6.45) is 22.0. The van der Waals surface area contributed by atoms with Gasteiger partial charge < -0.3 is 4.74 Å². The van der Waals surface area contributed by atoms with Crippen LogP contribution in [0.25, 0.3) is 0 Å². The van der Waals surface area contributed by atoms with Crippen LogP contribution in [-0.4, -0.2) is 13.2 Å². The molecular weight excluding hydrogens is 280 g/mol. The van der Waals surface area contributed by atoms with Crippen molar-refractivity contribution in [3.8, 4) is 0 Å². The van der Waals surface area contributed by atoms with Crippen LogP contribution in [0.1, 0.15) is 117 Å². The van der Waals surface area contributed by atoms with Crippen LogP contribution < -0.4 is 0 Å². The van der Waals surface area contributed by atoms with Crippen LogP contribution in [-0.2, 0) is 4.74 Å². The average Bonchev–Trinajstić information content (AvgIpc) is 2.57. The van der Waals surface area contributed by atoms with Crippen molar-refractivity contribution in [2.45, 2.75) is 123 Å². The topological polar surface area (TPSA) is 9.23 Å². The molecule has 0 aliphatic rings. The number of hydrogen-bond acceptors (Lipinski definition) is 1. The molecule has 0 aromatic carbocycles. The summed E-state index contributed by atoms with van der Waals surface area (Å²) in [5.74, 6) is 0. The first-order valence-electron chi connectivity index (χ1n) is 10.4. The molecule has 1 heteroatoms. The monoisotopic (exact) mass is 324 g/mol. The lowest BCUT2D eigenvalue weighted by Gasteiger charge is -2.15. The summed E-state index contributed by atoms with van der Waals surface area (Å²) < 4.78 is 5.65. The lowest BCUT2D eigenvalue weighted by atomic mass is 10.0. The SMILES string of the molecule is C=C(CC)CCCCCCCCC(CCCCCCCC)OC. The van der Waals surface area contributed by atoms with Crippen molar-refractivity contribution in [2.75, 3.05) is 7.11 Å². The van der Waals surface area contributed by atoms with E-state index in [0.717, 1.165) is 6.42 Å². The highest BCUT2D eigenvalue weighted by molar-refractivity contribution is 4.91. The van der Waals surface area contributed by atoms with E-state index in [4.69, 9.17) is 4.74 Å². The van der Waals surface area contributed by atoms with Gasteiger partial charge in [-0.3, -0.25) is 0 Å². The van der Waals surface area contributed by atoms with Crippen molar-refractivity contribution in [2.24, 2.45) is 0 Å². The van der Waals surface area contributed by atoms with Gasteiger partial charge in [0.15, 0.2) is 0 Å². The van der Waals surface area contributed by atoms with Gasteiger partial charge in [0.1, 0.15) is 0 Å². The van der Waals surface area contributed by atoms with E-state index in [1.165, 1.54) is 102 Å². The maximum absolute atomic E-state index is 5.65. The molecule has 1 unspecified atom stereocenters. The summed E-state index contributed by atoms with van der Waals surface area (Å²) in [6.45, 7) is 8.57. The second-order valence-electron chi connectivity index (χ2n) is 7.18. The second-order valence-corrected chi connectivity index (χ2v) is 7.18. The highest BCUT2D eigenvalue weighted by Crippen LogP contribution is 2.17. The third-order valence-corrected chi connectivity index (χ3v) is 5.02. The van der Waals surface area contributed by atoms with Gasteiger partial charge in [-0.05, 0) is 32.1 Å². The standard InChI is InChI=1S/C22H44O/c1-5-7-8-9-13-16-19-22(23-4)20-17-14-11-10-12-15-18-21(3)6-2/h22H,3,5-20H2,1-2,4H3. The Balaban J connectivity index is 3.34. The third kappa shape index (κ3) is 16.3. The van der Waals surface area contributed by atoms with Crippen molar-refractivity contribution in [1.29, 1.82) is 0 Å². The zero-order valence-corrected chi connectivity index (χ0v) is 16.5. The minimum Gasteiger partial charge on any atom is -0.381 e. The molecule has 0 fully saturated rings. The quantitative estimate of drug-likeness (QED) is 0.184. The fourth-order valence-electron chi connectivity index (χ4n) is 3.16. The van der Waals surface area contributed by atoms with E-state index in [-0.39, 0.29) is 0 Å². The molecule has 23 heavy (non-hydrogen) atoms. The van der Waals surface area contributed by atoms with Crippen molar-refractivity contribution >= 4 is 0 Å². The molecule has 0 N–H and O–H groups in total. The Hall–Kier alpha value is -0.300. The molecule has 0 radical (unpaired) electrons. The predicted octanol–water partition coefficient (Wildman–Crippen LogP) is 7.84. The first-order chi connectivity index (χ1) is 11.2. The van der Waals surface area contributed by atoms with Crippen LogP contribution in [0.5, 0.6) is 0 Å². The fraction of sp³-hybridized carbons (Fsp3) is 0.909. The van der Waals surface area contributed by atoms with Gasteiger partial charge in [-0.2, -0.15) is 0 Å². The van der Waals surface area contributed by atoms with Crippen molar-refractivity contribution < 1.29 is 4.74 Å². The van der Waals surface area contributed by atoms with E-state index in [2.05, 4.69) is 20.4 Å². The molecule has 0 aliphatic carbocycles. The van der Waals surface area contributed by atoms with Crippen LogP contribution in [0.3, 0.4) is 0 Å². The maximum Gasteiger partial charge on any atom is 0.0571 e. The van der Waals surface area contributed by atoms with Gasteiger partial charge in [-0.1, -0.05) is 96.6 Å². The highest BCUT2D eigenvalue weighted by Gasteiger charge is 2.06. The Labute approximate surface area is 147 Å². The van der Waals surface area contributed by atoms with E-state index < -0.39 is 0 Å². The van der Waals surface area contributed by atoms with E-state index in [0.29, 0.717) is 6.10 Å². The summed E-state index contributed by atoms with van der Waals surface area (Å²) in [7, 11) is 1.89. The normalized spacial score (nSPS) is 12.5. The minimum absolute atomic E-state index is 0.508. The Kier molecular flexibility index (Phi) is 17.8. The van der Waals surface area contributed by atoms with E-state index >= 15 is 0 Å². The number of ether oxygens (including phenoxy) is 1. The van der Waals surface area contributed by atoms with E-state index in [9.17, 15) is 0 Å². The zero-order valence-electron chi connectivity index (χ0n) is 16.5. The molecular formula is C22H44O. The van der Waals surface area contributed by atoms with Crippen LogP contribution >= 0.6 is 0 Å². The molecule has 0 aliphatic heterocycles. The van der Waals surface area contributed by atoms with Crippen LogP contribution in [0.4, 0.5) is 0 Å². The molecule has 1 atom stereocenters. The summed E-state index contributed by atoms with van der Waals surface area (Å²) in [5.41, 5.74) is 1.42. The summed E-state index contributed by atoms with van der Waals surface area (Å²) in [4.78, 5) is 0. The molecule has 0 bridgehead atoms. The molecule has 0 aromatic heterocycles. The molecule has 0 saturated carbocycles. The number of allylic oxidation sites excluding steroid dienone is 1. The molecule has 0 saturated heterocycles. The second kappa shape index (κ2) is 18.0. The fourth-order valence-corrected chi connectivity index (χ4v) is 3.16. The average molecular weight is 325 g/mol. The number of unbranched alkanes of at least 4 members (excludes halogenated alkanes) is 10. The van der Waals surface area contributed by atoms with Gasteiger partial charge in [0.25, 0.3) is 0 Å². The first kappa shape index (κ1) is 22.7. The molecule has 0 amide bonds. The summed E-state index contributed by atoms with van der Waals surface area (Å²) in [5, 5.41) is 0. The molecule has 1 nitrogen and oxygen atoms in total. The van der Waals surface area contributed by atoms with E-state index in [1.807, 2.05) is 7.11 Å². The van der Waals surface area contributed by atoms with Gasteiger partial charge >= 0.3 is 0 Å². The van der Waals surface area contributed by atoms with E-state index in [1.54, 1.807) is 0 Å². The molecule has 0 aromatic rings. The summed E-state index contributed by atoms with van der Waals surface area (Å²) >= 11 is 0. The summed E-state index contributed by atoms with van der Waals surface area (Å²) in [6, 6.07) is 0. The molecule has 0 heterocycles. The molecule has 138 valence electrons. The largest absolute Gasteiger partial charge is 0.381 e. The molecule has 0 spiro atoms. The smallest absolute Gasteiger partial charge is 0.0571 e.